The smallest absolute Gasteiger partial charge is 0.0965 e. The number of nitrogens with zero attached hydrogens (tertiary/aromatic N) is 5. The first-order chi connectivity index (χ1) is 8.29. The molecule has 0 unspecified atom stereocenters. The molecule has 1 saturated carbocycles. The first-order valence-electron chi connectivity index (χ1n) is 5.89. The molecular weight excluding hydrogens is 216 g/mol. The van der Waals surface area contributed by atoms with Gasteiger partial charge in [0.15, 0.2) is 0 Å². The van der Waals surface area contributed by atoms with E-state index in [1.54, 1.807) is 4.68 Å². The highest BCUT2D eigenvalue weighted by molar-refractivity contribution is 5.05. The average molecular weight is 232 g/mol. The third-order valence-electron chi connectivity index (χ3n) is 2.84. The van der Waals surface area contributed by atoms with Crippen LogP contribution < -0.4 is 5.32 Å². The third kappa shape index (κ3) is 2.71. The second-order valence-electron chi connectivity index (χ2n) is 4.58. The highest BCUT2D eigenvalue weighted by atomic mass is 15.4. The van der Waals surface area contributed by atoms with E-state index in [9.17, 15) is 0 Å². The van der Waals surface area contributed by atoms with Crippen LogP contribution in [0.3, 0.4) is 0 Å². The fourth-order valence-electron chi connectivity index (χ4n) is 1.77. The summed E-state index contributed by atoms with van der Waals surface area (Å²) in [7, 11) is 1.91. The van der Waals surface area contributed by atoms with Gasteiger partial charge in [0, 0.05) is 31.4 Å². The Balaban J connectivity index is 1.59. The number of nitrogens with one attached hydrogen (secondary N) is 1. The Hall–Kier alpha value is -1.69. The molecule has 1 aliphatic carbocycles. The van der Waals surface area contributed by atoms with Crippen LogP contribution >= 0.6 is 0 Å². The summed E-state index contributed by atoms with van der Waals surface area (Å²) < 4.78 is 3.64. The van der Waals surface area contributed by atoms with Crippen LogP contribution in [-0.2, 0) is 20.1 Å². The zero-order chi connectivity index (χ0) is 11.7. The van der Waals surface area contributed by atoms with E-state index in [2.05, 4.69) is 20.7 Å². The van der Waals surface area contributed by atoms with Crippen LogP contribution in [0.4, 0.5) is 0 Å². The molecule has 6 heteroatoms. The molecule has 0 saturated heterocycles. The summed E-state index contributed by atoms with van der Waals surface area (Å²) in [5.41, 5.74) is 2.14. The van der Waals surface area contributed by atoms with Gasteiger partial charge in [0.05, 0.1) is 24.6 Å². The standard InChI is InChI=1S/C11H16N6/c1-16-6-9(4-13-16)7-17-8-11(14-15-17)5-12-10-2-3-10/h4,6,8,10,12H,2-3,5,7H2,1H3. The number of aryl methyl sites for hydroxylation is 1. The molecule has 2 heterocycles. The van der Waals surface area contributed by atoms with Gasteiger partial charge in [-0.25, -0.2) is 4.68 Å². The second-order valence-corrected chi connectivity index (χ2v) is 4.58. The molecule has 0 radical (unpaired) electrons. The largest absolute Gasteiger partial charge is 0.308 e. The molecule has 1 N–H and O–H groups in total. The van der Waals surface area contributed by atoms with Crippen LogP contribution in [0.15, 0.2) is 18.6 Å². The molecular formula is C11H16N6. The van der Waals surface area contributed by atoms with Gasteiger partial charge in [-0.05, 0) is 12.8 Å². The van der Waals surface area contributed by atoms with Crippen LogP contribution in [0.1, 0.15) is 24.1 Å². The molecule has 0 spiro atoms. The molecule has 2 aromatic heterocycles. The van der Waals surface area contributed by atoms with Gasteiger partial charge in [-0.2, -0.15) is 5.10 Å². The quantitative estimate of drug-likeness (QED) is 0.806. The van der Waals surface area contributed by atoms with Crippen molar-refractivity contribution in [2.45, 2.75) is 32.0 Å². The summed E-state index contributed by atoms with van der Waals surface area (Å²) in [4.78, 5) is 0. The summed E-state index contributed by atoms with van der Waals surface area (Å²) in [6.45, 7) is 1.54. The Labute approximate surface area is 99.6 Å². The van der Waals surface area contributed by atoms with Crippen molar-refractivity contribution in [1.29, 1.82) is 0 Å². The number of rotatable bonds is 5. The van der Waals surface area contributed by atoms with Gasteiger partial charge < -0.3 is 5.32 Å². The highest BCUT2D eigenvalue weighted by Gasteiger charge is 2.20. The lowest BCUT2D eigenvalue weighted by molar-refractivity contribution is 0.645. The minimum absolute atomic E-state index is 0.707. The fraction of sp³-hybridized carbons (Fsp3) is 0.545. The van der Waals surface area contributed by atoms with E-state index < -0.39 is 0 Å². The molecule has 90 valence electrons. The van der Waals surface area contributed by atoms with E-state index in [1.807, 2.05) is 30.3 Å². The van der Waals surface area contributed by atoms with Gasteiger partial charge in [-0.15, -0.1) is 5.10 Å². The van der Waals surface area contributed by atoms with Crippen LogP contribution in [-0.4, -0.2) is 30.8 Å². The predicted molar refractivity (Wildman–Crippen MR) is 62.2 cm³/mol. The van der Waals surface area contributed by atoms with Gasteiger partial charge in [0.1, 0.15) is 0 Å². The Bertz CT molecular complexity index is 496. The normalized spacial score (nSPS) is 15.4. The summed E-state index contributed by atoms with van der Waals surface area (Å²) in [5, 5.41) is 15.8. The van der Waals surface area contributed by atoms with Gasteiger partial charge in [0.25, 0.3) is 0 Å². The minimum Gasteiger partial charge on any atom is -0.308 e. The average Bonchev–Trinajstić information content (AvgIpc) is 2.90. The van der Waals surface area contributed by atoms with Crippen molar-refractivity contribution >= 4 is 0 Å². The molecule has 0 amide bonds. The fourth-order valence-corrected chi connectivity index (χ4v) is 1.77. The molecule has 0 aliphatic heterocycles. The van der Waals surface area contributed by atoms with E-state index in [1.165, 1.54) is 12.8 Å². The van der Waals surface area contributed by atoms with Gasteiger partial charge in [0.2, 0.25) is 0 Å². The lowest BCUT2D eigenvalue weighted by Gasteiger charge is -1.97. The van der Waals surface area contributed by atoms with Crippen molar-refractivity contribution in [2.75, 3.05) is 0 Å². The molecule has 3 rings (SSSR count). The van der Waals surface area contributed by atoms with E-state index in [4.69, 9.17) is 0 Å². The number of aromatic nitrogens is 5. The Morgan fingerprint density at radius 3 is 3.00 bits per heavy atom. The van der Waals surface area contributed by atoms with Crippen LogP contribution in [0.2, 0.25) is 0 Å². The third-order valence-corrected chi connectivity index (χ3v) is 2.84. The van der Waals surface area contributed by atoms with Crippen molar-refractivity contribution in [3.05, 3.63) is 29.8 Å². The van der Waals surface area contributed by atoms with Gasteiger partial charge in [-0.1, -0.05) is 5.21 Å². The zero-order valence-electron chi connectivity index (χ0n) is 9.87. The molecule has 2 aromatic rings. The Morgan fingerprint density at radius 2 is 2.29 bits per heavy atom. The second kappa shape index (κ2) is 4.29. The van der Waals surface area contributed by atoms with Crippen molar-refractivity contribution < 1.29 is 0 Å². The SMILES string of the molecule is Cn1cc(Cn2cc(CNC3CC3)nn2)cn1. The molecule has 0 bridgehead atoms. The minimum atomic E-state index is 0.707. The lowest BCUT2D eigenvalue weighted by atomic mass is 10.3. The van der Waals surface area contributed by atoms with Crippen LogP contribution in [0, 0.1) is 0 Å². The first-order valence-corrected chi connectivity index (χ1v) is 5.89. The van der Waals surface area contributed by atoms with Gasteiger partial charge >= 0.3 is 0 Å². The monoisotopic (exact) mass is 232 g/mol. The van der Waals surface area contributed by atoms with Crippen molar-refractivity contribution in [3.63, 3.8) is 0 Å². The number of hydrogen-bond acceptors (Lipinski definition) is 4. The van der Waals surface area contributed by atoms with E-state index >= 15 is 0 Å². The van der Waals surface area contributed by atoms with Crippen molar-refractivity contribution in [3.8, 4) is 0 Å². The van der Waals surface area contributed by atoms with E-state index in [0.717, 1.165) is 24.3 Å². The maximum Gasteiger partial charge on any atom is 0.0965 e. The molecule has 6 nitrogen and oxygen atoms in total. The molecule has 17 heavy (non-hydrogen) atoms. The highest BCUT2D eigenvalue weighted by Crippen LogP contribution is 2.18. The summed E-state index contributed by atoms with van der Waals surface area (Å²) >= 11 is 0. The zero-order valence-corrected chi connectivity index (χ0v) is 9.87. The van der Waals surface area contributed by atoms with Gasteiger partial charge in [-0.3, -0.25) is 4.68 Å². The van der Waals surface area contributed by atoms with E-state index in [-0.39, 0.29) is 0 Å². The summed E-state index contributed by atoms with van der Waals surface area (Å²) in [6.07, 6.45) is 8.42. The molecule has 0 atom stereocenters. The van der Waals surface area contributed by atoms with Crippen LogP contribution in [0.5, 0.6) is 0 Å². The molecule has 1 fully saturated rings. The maximum absolute atomic E-state index is 4.14. The topological polar surface area (TPSA) is 60.6 Å². The maximum atomic E-state index is 4.14. The lowest BCUT2D eigenvalue weighted by Crippen LogP contribution is -2.15. The van der Waals surface area contributed by atoms with Crippen LogP contribution in [0.25, 0.3) is 0 Å². The predicted octanol–water partition coefficient (Wildman–Crippen LogP) is 0.312. The Morgan fingerprint density at radius 1 is 1.41 bits per heavy atom. The van der Waals surface area contributed by atoms with E-state index in [0.29, 0.717) is 6.04 Å². The van der Waals surface area contributed by atoms with Crippen molar-refractivity contribution in [2.24, 2.45) is 7.05 Å². The van der Waals surface area contributed by atoms with Crippen molar-refractivity contribution in [1.82, 2.24) is 30.1 Å². The Kier molecular flexibility index (Phi) is 2.64. The molecule has 1 aliphatic rings. The number of hydrogen-bond donors (Lipinski definition) is 1. The first kappa shape index (κ1) is 10.5. The summed E-state index contributed by atoms with van der Waals surface area (Å²) in [6, 6.07) is 0.707. The molecule has 0 aromatic carbocycles. The summed E-state index contributed by atoms with van der Waals surface area (Å²) in [5.74, 6) is 0.